The fourth-order valence-corrected chi connectivity index (χ4v) is 2.84. The van der Waals surface area contributed by atoms with E-state index in [4.69, 9.17) is 0 Å². The Kier molecular flexibility index (Phi) is 2.99. The van der Waals surface area contributed by atoms with E-state index in [2.05, 4.69) is 59.7 Å². The first kappa shape index (κ1) is 11.2. The molecule has 0 atom stereocenters. The molecule has 0 fully saturated rings. The molecule has 0 unspecified atom stereocenters. The topological polar surface area (TPSA) is 24.9 Å². The highest BCUT2D eigenvalue weighted by atomic mass is 32.1. The Morgan fingerprint density at radius 1 is 1.11 bits per heavy atom. The van der Waals surface area contributed by atoms with Gasteiger partial charge in [-0.3, -0.25) is 0 Å². The molecule has 1 heterocycles. The molecule has 18 heavy (non-hydrogen) atoms. The molecule has 0 aliphatic rings. The Labute approximate surface area is 110 Å². The molecule has 3 heteroatoms. The average Bonchev–Trinajstić information content (AvgIpc) is 2.79. The zero-order valence-corrected chi connectivity index (χ0v) is 11.0. The molecular weight excluding hydrogens is 240 g/mol. The van der Waals surface area contributed by atoms with Crippen LogP contribution >= 0.6 is 11.3 Å². The normalized spacial score (nSPS) is 10.7. The number of fused-ring (bicyclic) bond motifs is 1. The summed E-state index contributed by atoms with van der Waals surface area (Å²) in [6.45, 7) is 2.88. The van der Waals surface area contributed by atoms with Crippen molar-refractivity contribution in [3.63, 3.8) is 0 Å². The molecule has 0 saturated carbocycles. The number of hydrogen-bond donors (Lipinski definition) is 1. The monoisotopic (exact) mass is 254 g/mol. The number of para-hydroxylation sites is 1. The molecular formula is C15H14N2S. The van der Waals surface area contributed by atoms with Crippen LogP contribution in [0, 0.1) is 6.92 Å². The second-order valence-corrected chi connectivity index (χ2v) is 5.41. The fraction of sp³-hybridized carbons (Fsp3) is 0.133. The van der Waals surface area contributed by atoms with Crippen LogP contribution in [0.5, 0.6) is 0 Å². The lowest BCUT2D eigenvalue weighted by Crippen LogP contribution is -1.98. The van der Waals surface area contributed by atoms with Gasteiger partial charge in [0.15, 0.2) is 0 Å². The standard InChI is InChI=1S/C15H14N2S/c1-11-5-4-6-12(9-11)16-10-15-17-13-7-2-3-8-14(13)18-15/h2-9,16H,10H2,1H3. The number of aromatic nitrogens is 1. The second-order valence-electron chi connectivity index (χ2n) is 4.30. The molecule has 0 spiro atoms. The van der Waals surface area contributed by atoms with Gasteiger partial charge in [0.25, 0.3) is 0 Å². The molecule has 0 bridgehead atoms. The lowest BCUT2D eigenvalue weighted by Gasteiger charge is -2.04. The van der Waals surface area contributed by atoms with E-state index in [1.54, 1.807) is 11.3 Å². The zero-order chi connectivity index (χ0) is 12.4. The van der Waals surface area contributed by atoms with Gasteiger partial charge < -0.3 is 5.32 Å². The summed E-state index contributed by atoms with van der Waals surface area (Å²) in [6, 6.07) is 16.6. The third-order valence-corrected chi connectivity index (χ3v) is 3.84. The SMILES string of the molecule is Cc1cccc(NCc2nc3ccccc3s2)c1. The second kappa shape index (κ2) is 4.78. The van der Waals surface area contributed by atoms with Crippen molar-refractivity contribution in [1.29, 1.82) is 0 Å². The predicted molar refractivity (Wildman–Crippen MR) is 78.1 cm³/mol. The molecule has 0 saturated heterocycles. The molecule has 0 amide bonds. The maximum atomic E-state index is 4.61. The fourth-order valence-electron chi connectivity index (χ4n) is 1.93. The minimum Gasteiger partial charge on any atom is -0.379 e. The summed E-state index contributed by atoms with van der Waals surface area (Å²) in [5, 5.41) is 4.53. The summed E-state index contributed by atoms with van der Waals surface area (Å²) in [5.41, 5.74) is 3.50. The van der Waals surface area contributed by atoms with Gasteiger partial charge in [-0.1, -0.05) is 24.3 Å². The Bertz CT molecular complexity index is 640. The smallest absolute Gasteiger partial charge is 0.113 e. The van der Waals surface area contributed by atoms with Crippen molar-refractivity contribution in [3.05, 3.63) is 59.1 Å². The van der Waals surface area contributed by atoms with Gasteiger partial charge in [0.2, 0.25) is 0 Å². The van der Waals surface area contributed by atoms with Crippen LogP contribution in [0.25, 0.3) is 10.2 Å². The molecule has 0 radical (unpaired) electrons. The number of thiazole rings is 1. The van der Waals surface area contributed by atoms with Crippen molar-refractivity contribution in [2.75, 3.05) is 5.32 Å². The van der Waals surface area contributed by atoms with E-state index in [0.29, 0.717) is 0 Å². The molecule has 0 aliphatic carbocycles. The van der Waals surface area contributed by atoms with E-state index in [1.807, 2.05) is 6.07 Å². The third-order valence-electron chi connectivity index (χ3n) is 2.80. The van der Waals surface area contributed by atoms with E-state index >= 15 is 0 Å². The summed E-state index contributed by atoms with van der Waals surface area (Å²) in [6.07, 6.45) is 0. The van der Waals surface area contributed by atoms with Gasteiger partial charge in [0.05, 0.1) is 16.8 Å². The van der Waals surface area contributed by atoms with E-state index in [9.17, 15) is 0 Å². The van der Waals surface area contributed by atoms with Crippen LogP contribution in [-0.2, 0) is 6.54 Å². The first-order valence-electron chi connectivity index (χ1n) is 5.96. The van der Waals surface area contributed by atoms with Gasteiger partial charge in [-0.05, 0) is 36.8 Å². The van der Waals surface area contributed by atoms with Crippen molar-refractivity contribution in [2.24, 2.45) is 0 Å². The van der Waals surface area contributed by atoms with Crippen molar-refractivity contribution >= 4 is 27.2 Å². The first-order chi connectivity index (χ1) is 8.81. The van der Waals surface area contributed by atoms with E-state index in [-0.39, 0.29) is 0 Å². The molecule has 90 valence electrons. The summed E-state index contributed by atoms with van der Waals surface area (Å²) in [7, 11) is 0. The number of benzene rings is 2. The Morgan fingerprint density at radius 3 is 2.83 bits per heavy atom. The summed E-state index contributed by atoms with van der Waals surface area (Å²) >= 11 is 1.75. The van der Waals surface area contributed by atoms with E-state index in [0.717, 1.165) is 22.8 Å². The van der Waals surface area contributed by atoms with Crippen molar-refractivity contribution < 1.29 is 0 Å². The number of rotatable bonds is 3. The summed E-state index contributed by atoms with van der Waals surface area (Å²) in [4.78, 5) is 4.61. The van der Waals surface area contributed by atoms with Crippen LogP contribution in [0.2, 0.25) is 0 Å². The molecule has 2 aromatic carbocycles. The number of nitrogens with zero attached hydrogens (tertiary/aromatic N) is 1. The Balaban J connectivity index is 1.76. The van der Waals surface area contributed by atoms with Gasteiger partial charge in [-0.25, -0.2) is 4.98 Å². The minimum atomic E-state index is 0.781. The van der Waals surface area contributed by atoms with E-state index < -0.39 is 0 Å². The van der Waals surface area contributed by atoms with Gasteiger partial charge >= 0.3 is 0 Å². The average molecular weight is 254 g/mol. The maximum Gasteiger partial charge on any atom is 0.113 e. The van der Waals surface area contributed by atoms with Crippen LogP contribution < -0.4 is 5.32 Å². The number of nitrogens with one attached hydrogen (secondary N) is 1. The molecule has 3 aromatic rings. The number of hydrogen-bond acceptors (Lipinski definition) is 3. The molecule has 2 nitrogen and oxygen atoms in total. The first-order valence-corrected chi connectivity index (χ1v) is 6.78. The van der Waals surface area contributed by atoms with Crippen LogP contribution in [0.15, 0.2) is 48.5 Å². The summed E-state index contributed by atoms with van der Waals surface area (Å²) in [5.74, 6) is 0. The highest BCUT2D eigenvalue weighted by molar-refractivity contribution is 7.18. The Morgan fingerprint density at radius 2 is 2.00 bits per heavy atom. The van der Waals surface area contributed by atoms with Crippen LogP contribution in [-0.4, -0.2) is 4.98 Å². The highest BCUT2D eigenvalue weighted by Crippen LogP contribution is 2.22. The molecule has 1 N–H and O–H groups in total. The zero-order valence-electron chi connectivity index (χ0n) is 10.2. The lowest BCUT2D eigenvalue weighted by molar-refractivity contribution is 1.12. The highest BCUT2D eigenvalue weighted by Gasteiger charge is 2.02. The number of anilines is 1. The predicted octanol–water partition coefficient (Wildman–Crippen LogP) is 4.22. The van der Waals surface area contributed by atoms with Crippen LogP contribution in [0.1, 0.15) is 10.6 Å². The van der Waals surface area contributed by atoms with Crippen molar-refractivity contribution in [3.8, 4) is 0 Å². The third kappa shape index (κ3) is 2.36. The van der Waals surface area contributed by atoms with Crippen LogP contribution in [0.3, 0.4) is 0 Å². The largest absolute Gasteiger partial charge is 0.379 e. The van der Waals surface area contributed by atoms with Crippen LogP contribution in [0.4, 0.5) is 5.69 Å². The van der Waals surface area contributed by atoms with Gasteiger partial charge in [-0.15, -0.1) is 11.3 Å². The molecule has 1 aromatic heterocycles. The van der Waals surface area contributed by atoms with Gasteiger partial charge in [0, 0.05) is 5.69 Å². The van der Waals surface area contributed by atoms with Gasteiger partial charge in [-0.2, -0.15) is 0 Å². The number of aryl methyl sites for hydroxylation is 1. The van der Waals surface area contributed by atoms with Crippen molar-refractivity contribution in [2.45, 2.75) is 13.5 Å². The molecule has 3 rings (SSSR count). The summed E-state index contributed by atoms with van der Waals surface area (Å²) < 4.78 is 1.25. The van der Waals surface area contributed by atoms with Crippen molar-refractivity contribution in [1.82, 2.24) is 4.98 Å². The lowest BCUT2D eigenvalue weighted by atomic mass is 10.2. The Hall–Kier alpha value is -1.87. The van der Waals surface area contributed by atoms with Gasteiger partial charge in [0.1, 0.15) is 5.01 Å². The van der Waals surface area contributed by atoms with E-state index in [1.165, 1.54) is 10.3 Å². The maximum absolute atomic E-state index is 4.61. The quantitative estimate of drug-likeness (QED) is 0.757. The minimum absolute atomic E-state index is 0.781. The molecule has 0 aliphatic heterocycles.